The Morgan fingerprint density at radius 3 is 1.62 bits per heavy atom. The zero-order chi connectivity index (χ0) is 5.86. The maximum absolute atomic E-state index is 11.3. The van der Waals surface area contributed by atoms with E-state index in [-0.39, 0.29) is 19.0 Å². The number of hydrogen-bond donors (Lipinski definition) is 0. The van der Waals surface area contributed by atoms with Crippen LogP contribution < -0.4 is 0 Å². The molecule has 0 radical (unpaired) electrons. The molecule has 0 saturated carbocycles. The Balaban J connectivity index is 0. The van der Waals surface area contributed by atoms with E-state index in [2.05, 4.69) is 0 Å². The molecule has 8 heavy (non-hydrogen) atoms. The van der Waals surface area contributed by atoms with Crippen LogP contribution in [0.1, 0.15) is 6.92 Å². The lowest BCUT2D eigenvalue weighted by Gasteiger charge is -2.04. The van der Waals surface area contributed by atoms with Gasteiger partial charge in [0, 0.05) is 6.54 Å². The molecule has 0 N–H and O–H groups in total. The molecule has 2 nitrogen and oxygen atoms in total. The van der Waals surface area contributed by atoms with Crippen molar-refractivity contribution in [1.82, 2.24) is 10.7 Å². The second-order valence-corrected chi connectivity index (χ2v) is 0.868. The van der Waals surface area contributed by atoms with E-state index in [0.717, 1.165) is 0 Å². The maximum atomic E-state index is 11.3. The fourth-order valence-electron chi connectivity index (χ4n) is 0.107. The lowest BCUT2D eigenvalue weighted by molar-refractivity contribution is -0.368. The van der Waals surface area contributed by atoms with E-state index in [0.29, 0.717) is 0 Å². The van der Waals surface area contributed by atoms with Gasteiger partial charge in [-0.3, -0.25) is 0 Å². The van der Waals surface area contributed by atoms with Crippen LogP contribution in [0, 0.1) is 0 Å². The molecule has 0 fully saturated rings. The van der Waals surface area contributed by atoms with E-state index >= 15 is 0 Å². The summed E-state index contributed by atoms with van der Waals surface area (Å²) in [7, 11) is 0. The van der Waals surface area contributed by atoms with Crippen LogP contribution >= 0.6 is 12.4 Å². The van der Waals surface area contributed by atoms with E-state index < -0.39 is 10.7 Å². The lowest BCUT2D eigenvalue weighted by Crippen LogP contribution is -2.21. The van der Waals surface area contributed by atoms with Gasteiger partial charge in [0.15, 0.2) is 0 Å². The van der Waals surface area contributed by atoms with E-state index in [4.69, 9.17) is 0 Å². The summed E-state index contributed by atoms with van der Waals surface area (Å²) in [6.07, 6.45) is 0. The Kier molecular flexibility index (Phi) is 7.00. The highest BCUT2D eigenvalue weighted by molar-refractivity contribution is 5.85. The van der Waals surface area contributed by atoms with Gasteiger partial charge in [-0.05, 0) is 12.2 Å². The zero-order valence-corrected chi connectivity index (χ0v) is 4.96. The Bertz CT molecular complexity index is 52.5. The standard InChI is InChI=1S/C2H5F3N2.ClH/c1-2-6(3)7(4)5;/h2H2,1H3;1H. The molecule has 0 unspecified atom stereocenters. The van der Waals surface area contributed by atoms with Crippen LogP contribution in [0.3, 0.4) is 0 Å². The zero-order valence-electron chi connectivity index (χ0n) is 4.14. The van der Waals surface area contributed by atoms with Crippen LogP contribution in [0.15, 0.2) is 0 Å². The molecule has 52 valence electrons. The second-order valence-electron chi connectivity index (χ2n) is 0.868. The third kappa shape index (κ3) is 4.17. The van der Waals surface area contributed by atoms with Crippen molar-refractivity contribution in [2.75, 3.05) is 6.54 Å². The van der Waals surface area contributed by atoms with Crippen molar-refractivity contribution in [3.05, 3.63) is 0 Å². The molecular weight excluding hydrogens is 144 g/mol. The van der Waals surface area contributed by atoms with E-state index in [9.17, 15) is 13.4 Å². The number of halogens is 4. The van der Waals surface area contributed by atoms with Crippen molar-refractivity contribution in [3.8, 4) is 0 Å². The molecule has 6 heteroatoms. The topological polar surface area (TPSA) is 6.48 Å². The molecule has 0 aliphatic carbocycles. The van der Waals surface area contributed by atoms with E-state index in [1.807, 2.05) is 0 Å². The third-order valence-electron chi connectivity index (χ3n) is 0.425. The molecule has 0 rings (SSSR count). The summed E-state index contributed by atoms with van der Waals surface area (Å²) in [4.78, 5) is 0. The fourth-order valence-corrected chi connectivity index (χ4v) is 0.107. The molecular formula is C2H6ClF3N2. The van der Waals surface area contributed by atoms with Crippen LogP contribution in [0.2, 0.25) is 0 Å². The summed E-state index contributed by atoms with van der Waals surface area (Å²) >= 11 is 0. The fraction of sp³-hybridized carbons (Fsp3) is 1.00. The highest BCUT2D eigenvalue weighted by Crippen LogP contribution is 1.97. The van der Waals surface area contributed by atoms with Crippen molar-refractivity contribution in [1.29, 1.82) is 0 Å². The largest absolute Gasteiger partial charge is 0.147 e. The second kappa shape index (κ2) is 5.14. The molecule has 0 heterocycles. The predicted molar refractivity (Wildman–Crippen MR) is 24.8 cm³/mol. The first-order valence-corrected chi connectivity index (χ1v) is 1.73. The first-order chi connectivity index (χ1) is 3.18. The summed E-state index contributed by atoms with van der Waals surface area (Å²) in [6, 6.07) is 0. The SMILES string of the molecule is CCN(F)N(F)F.Cl. The number of hydrazine groups is 1. The summed E-state index contributed by atoms with van der Waals surface area (Å²) in [6.45, 7) is 0.930. The quantitative estimate of drug-likeness (QED) is 0.436. The van der Waals surface area contributed by atoms with Crippen LogP contribution in [0.25, 0.3) is 0 Å². The molecule has 0 aliphatic heterocycles. The number of rotatable bonds is 2. The molecule has 0 aromatic carbocycles. The van der Waals surface area contributed by atoms with Gasteiger partial charge >= 0.3 is 0 Å². The first kappa shape index (κ1) is 10.9. The Labute approximate surface area is 51.0 Å². The summed E-state index contributed by atoms with van der Waals surface area (Å²) < 4.78 is 32.9. The van der Waals surface area contributed by atoms with Crippen LogP contribution in [0.5, 0.6) is 0 Å². The van der Waals surface area contributed by atoms with Gasteiger partial charge in [-0.1, -0.05) is 8.96 Å². The Morgan fingerprint density at radius 2 is 1.62 bits per heavy atom. The molecule has 0 aromatic heterocycles. The molecule has 0 amide bonds. The molecule has 0 bridgehead atoms. The highest BCUT2D eigenvalue weighted by Gasteiger charge is 2.07. The monoisotopic (exact) mass is 150 g/mol. The summed E-state index contributed by atoms with van der Waals surface area (Å²) in [5, 5.41) is -0.708. The minimum Gasteiger partial charge on any atom is -0.147 e. The first-order valence-electron chi connectivity index (χ1n) is 1.73. The van der Waals surface area contributed by atoms with E-state index in [1.54, 1.807) is 0 Å². The number of hydrogen-bond acceptors (Lipinski definition) is 2. The highest BCUT2D eigenvalue weighted by atomic mass is 35.5. The predicted octanol–water partition coefficient (Wildman–Crippen LogP) is 1.60. The van der Waals surface area contributed by atoms with Gasteiger partial charge in [-0.15, -0.1) is 16.9 Å². The van der Waals surface area contributed by atoms with Crippen molar-refractivity contribution >= 4 is 12.4 Å². The van der Waals surface area contributed by atoms with Gasteiger partial charge in [-0.2, -0.15) is 0 Å². The normalized spacial score (nSPS) is 9.75. The molecule has 0 aromatic rings. The van der Waals surface area contributed by atoms with Crippen LogP contribution in [-0.4, -0.2) is 17.2 Å². The van der Waals surface area contributed by atoms with Crippen LogP contribution in [0.4, 0.5) is 13.4 Å². The van der Waals surface area contributed by atoms with Gasteiger partial charge < -0.3 is 0 Å². The van der Waals surface area contributed by atoms with Crippen molar-refractivity contribution in [2.24, 2.45) is 0 Å². The van der Waals surface area contributed by atoms with Gasteiger partial charge in [0.25, 0.3) is 0 Å². The summed E-state index contributed by atoms with van der Waals surface area (Å²) in [5.74, 6) is 0. The summed E-state index contributed by atoms with van der Waals surface area (Å²) in [5.41, 5.74) is -1.61. The van der Waals surface area contributed by atoms with E-state index in [1.165, 1.54) is 6.92 Å². The average Bonchev–Trinajstić information content (AvgIpc) is 1.65. The molecule has 0 spiro atoms. The minimum atomic E-state index is -1.61. The molecule has 0 atom stereocenters. The molecule has 0 saturated heterocycles. The van der Waals surface area contributed by atoms with Gasteiger partial charge in [0.05, 0.1) is 0 Å². The van der Waals surface area contributed by atoms with Gasteiger partial charge in [-0.25, -0.2) is 0 Å². The van der Waals surface area contributed by atoms with Crippen molar-refractivity contribution in [3.63, 3.8) is 0 Å². The smallest absolute Gasteiger partial charge is 0.126 e. The Morgan fingerprint density at radius 1 is 1.25 bits per heavy atom. The maximum Gasteiger partial charge on any atom is 0.126 e. The van der Waals surface area contributed by atoms with Gasteiger partial charge in [0.1, 0.15) is 5.45 Å². The third-order valence-corrected chi connectivity index (χ3v) is 0.425. The lowest BCUT2D eigenvalue weighted by atomic mass is 10.8. The van der Waals surface area contributed by atoms with Gasteiger partial charge in [0.2, 0.25) is 0 Å². The van der Waals surface area contributed by atoms with Crippen molar-refractivity contribution in [2.45, 2.75) is 6.92 Å². The number of nitrogens with zero attached hydrogens (tertiary/aromatic N) is 2. The molecule has 0 aliphatic rings. The minimum absolute atomic E-state index is 0. The van der Waals surface area contributed by atoms with Crippen molar-refractivity contribution < 1.29 is 13.4 Å². The Hall–Kier alpha value is -0.0000000000000000555. The van der Waals surface area contributed by atoms with Crippen LogP contribution in [-0.2, 0) is 0 Å². The average molecular weight is 151 g/mol.